The second-order valence-corrected chi connectivity index (χ2v) is 17.0. The van der Waals surface area contributed by atoms with E-state index in [0.29, 0.717) is 120 Å². The predicted octanol–water partition coefficient (Wildman–Crippen LogP) is 3.60. The van der Waals surface area contributed by atoms with Gasteiger partial charge in [-0.15, -0.1) is 10.2 Å². The zero-order valence-electron chi connectivity index (χ0n) is 38.1. The average Bonchev–Trinajstić information content (AvgIpc) is 3.77. The number of morpholine rings is 1. The summed E-state index contributed by atoms with van der Waals surface area (Å²) in [6.07, 6.45) is -1.21. The quantitative estimate of drug-likeness (QED) is 0.107. The number of hydrogen-bond donors (Lipinski definition) is 5. The Morgan fingerprint density at radius 2 is 1.63 bits per heavy atom. The molecule has 2 amide bonds. The number of amides is 2. The number of carbonyl (C=O) groups is 2. The lowest BCUT2D eigenvalue weighted by atomic mass is 9.98. The van der Waals surface area contributed by atoms with Crippen molar-refractivity contribution in [3.05, 3.63) is 65.0 Å². The molecule has 20 nitrogen and oxygen atoms in total. The molecule has 0 aliphatic carbocycles. The number of phenols is 2. The normalized spacial score (nSPS) is 16.5. The minimum atomic E-state index is -2.98. The lowest BCUT2D eigenvalue weighted by molar-refractivity contribution is -0.132. The molecule has 3 aliphatic rings. The third-order valence-electron chi connectivity index (χ3n) is 12.4. The number of nitrogens with one attached hydrogen (secondary N) is 2. The summed E-state index contributed by atoms with van der Waals surface area (Å²) < 4.78 is 36.2. The van der Waals surface area contributed by atoms with Crippen molar-refractivity contribution >= 4 is 29.4 Å². The number of aromatic hydroxyl groups is 2. The Balaban J connectivity index is 1.14. The van der Waals surface area contributed by atoms with E-state index in [1.54, 1.807) is 17.6 Å². The standard InChI is InChI=1S/C45H57F2N15O5/c1-5-50-43(66)42-57-56-41(29-23-28(26(2)3)34(63)24-35(29)64)62(42)32-8-6-7-31(27(32)4)58-15-17-59(18-16-58)33(9-10-36(65)60-13-11-49-12-14-60)40-53-39(30-25-51-44(48)52-37(30)38(46)47)54-45(55-40)61-19-21-67-22-20-61/h6-8,23-26,33,38,49,63-64H,5,9-22H2,1-4H3,(H,50,66)(H2,48,51,52). The van der Waals surface area contributed by atoms with Crippen LogP contribution in [-0.2, 0) is 9.53 Å². The van der Waals surface area contributed by atoms with Crippen molar-refractivity contribution in [2.75, 3.05) is 101 Å². The minimum Gasteiger partial charge on any atom is -0.508 e. The van der Waals surface area contributed by atoms with Crippen molar-refractivity contribution in [2.45, 2.75) is 58.9 Å². The molecule has 3 aromatic heterocycles. The first kappa shape index (κ1) is 46.9. The third-order valence-corrected chi connectivity index (χ3v) is 12.4. The van der Waals surface area contributed by atoms with Gasteiger partial charge < -0.3 is 46.0 Å². The number of carbonyl (C=O) groups excluding carboxylic acids is 2. The summed E-state index contributed by atoms with van der Waals surface area (Å²) in [6, 6.07) is 8.20. The second kappa shape index (κ2) is 20.5. The van der Waals surface area contributed by atoms with Crippen LogP contribution in [0.1, 0.15) is 85.3 Å². The largest absolute Gasteiger partial charge is 0.508 e. The molecule has 3 saturated heterocycles. The average molecular weight is 926 g/mol. The zero-order valence-corrected chi connectivity index (χ0v) is 38.1. The van der Waals surface area contributed by atoms with E-state index in [0.717, 1.165) is 11.3 Å². The van der Waals surface area contributed by atoms with Crippen LogP contribution in [0.3, 0.4) is 0 Å². The summed E-state index contributed by atoms with van der Waals surface area (Å²) in [6.45, 7) is 14.5. The Hall–Kier alpha value is -6.65. The number of nitrogen functional groups attached to an aromatic ring is 1. The van der Waals surface area contributed by atoms with Crippen molar-refractivity contribution in [2.24, 2.45) is 0 Å². The number of hydrogen-bond acceptors (Lipinski definition) is 17. The molecular formula is C45H57F2N15O5. The molecule has 356 valence electrons. The Morgan fingerprint density at radius 3 is 2.33 bits per heavy atom. The van der Waals surface area contributed by atoms with Gasteiger partial charge in [0.05, 0.1) is 36.1 Å². The first-order valence-electron chi connectivity index (χ1n) is 22.7. The van der Waals surface area contributed by atoms with Crippen molar-refractivity contribution in [1.29, 1.82) is 0 Å². The molecule has 6 N–H and O–H groups in total. The fourth-order valence-corrected chi connectivity index (χ4v) is 8.89. The minimum absolute atomic E-state index is 0.00794. The highest BCUT2D eigenvalue weighted by Gasteiger charge is 2.33. The first-order valence-corrected chi connectivity index (χ1v) is 22.7. The van der Waals surface area contributed by atoms with Gasteiger partial charge in [0.25, 0.3) is 12.3 Å². The summed E-state index contributed by atoms with van der Waals surface area (Å²) in [5.41, 5.74) is 8.33. The summed E-state index contributed by atoms with van der Waals surface area (Å²) in [5.74, 6) is -0.228. The highest BCUT2D eigenvalue weighted by atomic mass is 19.3. The van der Waals surface area contributed by atoms with Crippen molar-refractivity contribution in [3.63, 3.8) is 0 Å². The number of piperazine rings is 2. The topological polar surface area (TPSA) is 242 Å². The van der Waals surface area contributed by atoms with E-state index in [1.165, 1.54) is 12.3 Å². The number of anilines is 3. The van der Waals surface area contributed by atoms with Crippen LogP contribution in [0.15, 0.2) is 36.5 Å². The van der Waals surface area contributed by atoms with E-state index < -0.39 is 24.1 Å². The number of nitrogens with zero attached hydrogens (tertiary/aromatic N) is 12. The van der Waals surface area contributed by atoms with Gasteiger partial charge in [0.1, 0.15) is 17.2 Å². The Labute approximate surface area is 386 Å². The lowest BCUT2D eigenvalue weighted by Gasteiger charge is -2.40. The van der Waals surface area contributed by atoms with Gasteiger partial charge in [0.2, 0.25) is 23.6 Å². The Kier molecular flexibility index (Phi) is 14.3. The Bertz CT molecular complexity index is 2580. The zero-order chi connectivity index (χ0) is 47.4. The molecule has 1 unspecified atom stereocenters. The highest BCUT2D eigenvalue weighted by molar-refractivity contribution is 5.92. The third kappa shape index (κ3) is 10.1. The van der Waals surface area contributed by atoms with Crippen LogP contribution < -0.4 is 26.2 Å². The molecule has 67 heavy (non-hydrogen) atoms. The number of benzene rings is 2. The number of ether oxygens (including phenoxy) is 1. The maximum absolute atomic E-state index is 14.5. The SMILES string of the molecule is CCNC(=O)c1nnc(-c2cc(C(C)C)c(O)cc2O)n1-c1cccc(N2CCN(C(CCC(=O)N3CCNCC3)c3nc(-c4cnc(N)nc4C(F)F)nc(N4CCOCC4)n3)CC2)c1C. The molecule has 3 aliphatic heterocycles. The van der Waals surface area contributed by atoms with Crippen molar-refractivity contribution in [3.8, 4) is 40.0 Å². The first-order chi connectivity index (χ1) is 32.3. The number of nitrogens with two attached hydrogens (primary N) is 1. The predicted molar refractivity (Wildman–Crippen MR) is 245 cm³/mol. The van der Waals surface area contributed by atoms with Gasteiger partial charge in [-0.1, -0.05) is 19.9 Å². The van der Waals surface area contributed by atoms with Gasteiger partial charge in [0, 0.05) is 96.4 Å². The fourth-order valence-electron chi connectivity index (χ4n) is 8.89. The molecule has 0 saturated carbocycles. The van der Waals surface area contributed by atoms with Crippen LogP contribution in [0.5, 0.6) is 11.5 Å². The second-order valence-electron chi connectivity index (χ2n) is 17.0. The number of phenolic OH excluding ortho intramolecular Hbond substituents is 2. The monoisotopic (exact) mass is 925 g/mol. The summed E-state index contributed by atoms with van der Waals surface area (Å²) in [7, 11) is 0. The summed E-state index contributed by atoms with van der Waals surface area (Å²) in [5, 5.41) is 36.6. The number of halogens is 2. The summed E-state index contributed by atoms with van der Waals surface area (Å²) >= 11 is 0. The van der Waals surface area contributed by atoms with Gasteiger partial charge in [-0.25, -0.2) is 23.7 Å². The van der Waals surface area contributed by atoms with Crippen LogP contribution in [0.4, 0.5) is 26.4 Å². The van der Waals surface area contributed by atoms with E-state index in [2.05, 4.69) is 45.6 Å². The van der Waals surface area contributed by atoms with Crippen LogP contribution >= 0.6 is 0 Å². The van der Waals surface area contributed by atoms with E-state index in [-0.39, 0.29) is 58.7 Å². The molecule has 0 spiro atoms. The van der Waals surface area contributed by atoms with Crippen molar-refractivity contribution in [1.82, 2.24) is 60.1 Å². The molecule has 3 fully saturated rings. The molecule has 0 radical (unpaired) electrons. The molecule has 8 rings (SSSR count). The van der Waals surface area contributed by atoms with Crippen LogP contribution in [0.25, 0.3) is 28.5 Å². The molecule has 1 atom stereocenters. The highest BCUT2D eigenvalue weighted by Crippen LogP contribution is 2.40. The number of alkyl halides is 2. The van der Waals surface area contributed by atoms with Gasteiger partial charge in [-0.2, -0.15) is 9.97 Å². The van der Waals surface area contributed by atoms with E-state index in [4.69, 9.17) is 20.4 Å². The van der Waals surface area contributed by atoms with Gasteiger partial charge in [-0.05, 0) is 55.5 Å². The molecule has 0 bridgehead atoms. The smallest absolute Gasteiger partial charge is 0.289 e. The van der Waals surface area contributed by atoms with Crippen LogP contribution in [-0.4, -0.2) is 157 Å². The van der Waals surface area contributed by atoms with Crippen molar-refractivity contribution < 1.29 is 33.3 Å². The maximum Gasteiger partial charge on any atom is 0.289 e. The van der Waals surface area contributed by atoms with Gasteiger partial charge in [0.15, 0.2) is 17.5 Å². The molecule has 6 heterocycles. The van der Waals surface area contributed by atoms with Crippen LogP contribution in [0.2, 0.25) is 0 Å². The van der Waals surface area contributed by atoms with E-state index in [1.807, 2.05) is 48.8 Å². The van der Waals surface area contributed by atoms with Gasteiger partial charge in [-0.3, -0.25) is 19.1 Å². The maximum atomic E-state index is 14.5. The molecule has 2 aromatic carbocycles. The van der Waals surface area contributed by atoms with Crippen LogP contribution in [0, 0.1) is 6.92 Å². The Morgan fingerprint density at radius 1 is 0.896 bits per heavy atom. The van der Waals surface area contributed by atoms with Gasteiger partial charge >= 0.3 is 0 Å². The molecule has 22 heteroatoms. The number of aromatic nitrogens is 8. The lowest BCUT2D eigenvalue weighted by Crippen LogP contribution is -2.49. The molecular weight excluding hydrogens is 869 g/mol. The fraction of sp³-hybridized carbons (Fsp3) is 0.489. The summed E-state index contributed by atoms with van der Waals surface area (Å²) in [4.78, 5) is 57.9. The molecule has 5 aromatic rings. The van der Waals surface area contributed by atoms with E-state index >= 15 is 0 Å². The van der Waals surface area contributed by atoms with E-state index in [9.17, 15) is 28.6 Å². The number of rotatable bonds is 14.